The van der Waals surface area contributed by atoms with Crippen LogP contribution in [0.4, 0.5) is 10.1 Å². The Hall–Kier alpha value is -2.36. The van der Waals surface area contributed by atoms with E-state index in [1.807, 2.05) is 13.0 Å². The quantitative estimate of drug-likeness (QED) is 0.766. The third-order valence-electron chi connectivity index (χ3n) is 3.71. The number of aryl methyl sites for hydroxylation is 1. The number of pyridine rings is 1. The molecular weight excluding hydrogens is 265 g/mol. The first-order valence-corrected chi connectivity index (χ1v) is 7.02. The molecule has 0 fully saturated rings. The number of rotatable bonds is 2. The van der Waals surface area contributed by atoms with E-state index < -0.39 is 0 Å². The number of hydrogen-bond donors (Lipinski definition) is 1. The zero-order valence-electron chi connectivity index (χ0n) is 12.4. The molecule has 2 aromatic heterocycles. The van der Waals surface area contributed by atoms with Crippen LogP contribution in [0.1, 0.15) is 31.2 Å². The van der Waals surface area contributed by atoms with Gasteiger partial charge in [0.1, 0.15) is 11.5 Å². The standard InChI is InChI=1S/C17H18FN3/c1-10(2)16-9-12-8-15(19)11(3)20-17(12)21(16)14-6-4-13(18)5-7-14/h4-10H,19H2,1-3H3. The zero-order valence-corrected chi connectivity index (χ0v) is 12.4. The Morgan fingerprint density at radius 3 is 2.43 bits per heavy atom. The van der Waals surface area contributed by atoms with Crippen molar-refractivity contribution < 1.29 is 4.39 Å². The molecule has 3 aromatic rings. The number of nitrogen functional groups attached to an aromatic ring is 1. The Bertz CT molecular complexity index is 801. The summed E-state index contributed by atoms with van der Waals surface area (Å²) in [5.74, 6) is 0.0838. The summed E-state index contributed by atoms with van der Waals surface area (Å²) in [6.07, 6.45) is 0. The minimum Gasteiger partial charge on any atom is -0.397 e. The Morgan fingerprint density at radius 2 is 1.81 bits per heavy atom. The summed E-state index contributed by atoms with van der Waals surface area (Å²) < 4.78 is 15.3. The molecule has 0 saturated heterocycles. The number of halogens is 1. The minimum absolute atomic E-state index is 0.241. The topological polar surface area (TPSA) is 43.8 Å². The van der Waals surface area contributed by atoms with Crippen molar-refractivity contribution >= 4 is 16.7 Å². The van der Waals surface area contributed by atoms with E-state index >= 15 is 0 Å². The Morgan fingerprint density at radius 1 is 1.14 bits per heavy atom. The maximum atomic E-state index is 13.2. The molecule has 1 aromatic carbocycles. The van der Waals surface area contributed by atoms with Crippen LogP contribution in [-0.2, 0) is 0 Å². The van der Waals surface area contributed by atoms with Crippen LogP contribution in [0.5, 0.6) is 0 Å². The van der Waals surface area contributed by atoms with Crippen molar-refractivity contribution in [2.24, 2.45) is 0 Å². The first kappa shape index (κ1) is 13.6. The van der Waals surface area contributed by atoms with Crippen LogP contribution in [0.2, 0.25) is 0 Å². The summed E-state index contributed by atoms with van der Waals surface area (Å²) in [7, 11) is 0. The number of benzene rings is 1. The number of hydrogen-bond acceptors (Lipinski definition) is 2. The lowest BCUT2D eigenvalue weighted by Crippen LogP contribution is -2.03. The average Bonchev–Trinajstić information content (AvgIpc) is 2.79. The van der Waals surface area contributed by atoms with Crippen molar-refractivity contribution in [1.29, 1.82) is 0 Å². The molecule has 2 heterocycles. The molecule has 0 aliphatic rings. The number of nitrogens with two attached hydrogens (primary N) is 1. The smallest absolute Gasteiger partial charge is 0.145 e. The van der Waals surface area contributed by atoms with Gasteiger partial charge >= 0.3 is 0 Å². The molecule has 0 atom stereocenters. The third-order valence-corrected chi connectivity index (χ3v) is 3.71. The first-order chi connectivity index (χ1) is 9.97. The molecule has 0 spiro atoms. The van der Waals surface area contributed by atoms with Crippen molar-refractivity contribution in [1.82, 2.24) is 9.55 Å². The van der Waals surface area contributed by atoms with Crippen LogP contribution in [-0.4, -0.2) is 9.55 Å². The van der Waals surface area contributed by atoms with E-state index in [4.69, 9.17) is 5.73 Å². The fourth-order valence-corrected chi connectivity index (χ4v) is 2.54. The molecular formula is C17H18FN3. The number of nitrogens with zero attached hydrogens (tertiary/aromatic N) is 2. The van der Waals surface area contributed by atoms with Crippen LogP contribution < -0.4 is 5.73 Å². The average molecular weight is 283 g/mol. The second-order valence-electron chi connectivity index (χ2n) is 5.61. The molecule has 21 heavy (non-hydrogen) atoms. The zero-order chi connectivity index (χ0) is 15.1. The molecule has 0 amide bonds. The van der Waals surface area contributed by atoms with Gasteiger partial charge in [-0.15, -0.1) is 0 Å². The van der Waals surface area contributed by atoms with Gasteiger partial charge in [0.05, 0.1) is 11.4 Å². The van der Waals surface area contributed by atoms with Crippen LogP contribution in [0.15, 0.2) is 36.4 Å². The maximum Gasteiger partial charge on any atom is 0.145 e. The van der Waals surface area contributed by atoms with Gasteiger partial charge in [-0.1, -0.05) is 13.8 Å². The van der Waals surface area contributed by atoms with Gasteiger partial charge in [0.15, 0.2) is 0 Å². The van der Waals surface area contributed by atoms with Gasteiger partial charge in [-0.25, -0.2) is 9.37 Å². The fraction of sp³-hybridized carbons (Fsp3) is 0.235. The molecule has 4 heteroatoms. The second kappa shape index (κ2) is 4.88. The highest BCUT2D eigenvalue weighted by Crippen LogP contribution is 2.29. The summed E-state index contributed by atoms with van der Waals surface area (Å²) in [5.41, 5.74) is 10.4. The van der Waals surface area contributed by atoms with Gasteiger partial charge < -0.3 is 5.73 Å². The summed E-state index contributed by atoms with van der Waals surface area (Å²) in [6, 6.07) is 10.5. The summed E-state index contributed by atoms with van der Waals surface area (Å²) >= 11 is 0. The van der Waals surface area contributed by atoms with E-state index in [0.717, 1.165) is 28.1 Å². The van der Waals surface area contributed by atoms with Gasteiger partial charge in [0, 0.05) is 16.8 Å². The van der Waals surface area contributed by atoms with E-state index in [0.29, 0.717) is 11.6 Å². The monoisotopic (exact) mass is 283 g/mol. The van der Waals surface area contributed by atoms with E-state index in [9.17, 15) is 4.39 Å². The first-order valence-electron chi connectivity index (χ1n) is 7.02. The lowest BCUT2D eigenvalue weighted by atomic mass is 10.1. The van der Waals surface area contributed by atoms with Crippen LogP contribution in [0.3, 0.4) is 0 Å². The van der Waals surface area contributed by atoms with Gasteiger partial charge in [0.25, 0.3) is 0 Å². The molecule has 0 radical (unpaired) electrons. The van der Waals surface area contributed by atoms with Crippen molar-refractivity contribution in [3.8, 4) is 5.69 Å². The van der Waals surface area contributed by atoms with Crippen molar-refractivity contribution in [3.63, 3.8) is 0 Å². The molecule has 2 N–H and O–H groups in total. The number of fused-ring (bicyclic) bond motifs is 1. The lowest BCUT2D eigenvalue weighted by molar-refractivity contribution is 0.627. The summed E-state index contributed by atoms with van der Waals surface area (Å²) in [6.45, 7) is 6.15. The SMILES string of the molecule is Cc1nc2c(cc1N)cc(C(C)C)n2-c1ccc(F)cc1. The van der Waals surface area contributed by atoms with E-state index in [1.54, 1.807) is 12.1 Å². The number of anilines is 1. The lowest BCUT2D eigenvalue weighted by Gasteiger charge is -2.13. The van der Waals surface area contributed by atoms with Crippen LogP contribution in [0, 0.1) is 12.7 Å². The molecule has 0 bridgehead atoms. The second-order valence-corrected chi connectivity index (χ2v) is 5.61. The van der Waals surface area contributed by atoms with Crippen LogP contribution >= 0.6 is 0 Å². The normalized spacial score (nSPS) is 11.5. The molecule has 0 aliphatic heterocycles. The van der Waals surface area contributed by atoms with Crippen molar-refractivity contribution in [2.45, 2.75) is 26.7 Å². The largest absolute Gasteiger partial charge is 0.397 e. The predicted octanol–water partition coefficient (Wildman–Crippen LogP) is 4.18. The highest BCUT2D eigenvalue weighted by molar-refractivity contribution is 5.83. The van der Waals surface area contributed by atoms with Gasteiger partial charge in [-0.2, -0.15) is 0 Å². The van der Waals surface area contributed by atoms with Crippen molar-refractivity contribution in [2.75, 3.05) is 5.73 Å². The van der Waals surface area contributed by atoms with Crippen molar-refractivity contribution in [3.05, 3.63) is 53.6 Å². The third kappa shape index (κ3) is 2.27. The van der Waals surface area contributed by atoms with Gasteiger partial charge in [0.2, 0.25) is 0 Å². The number of aromatic nitrogens is 2. The summed E-state index contributed by atoms with van der Waals surface area (Å²) in [5, 5.41) is 1.01. The Kier molecular flexibility index (Phi) is 3.16. The molecule has 0 saturated carbocycles. The molecule has 0 aliphatic carbocycles. The molecule has 108 valence electrons. The highest BCUT2D eigenvalue weighted by Gasteiger charge is 2.15. The van der Waals surface area contributed by atoms with E-state index in [2.05, 4.69) is 29.5 Å². The molecule has 3 nitrogen and oxygen atoms in total. The van der Waals surface area contributed by atoms with E-state index in [1.165, 1.54) is 12.1 Å². The van der Waals surface area contributed by atoms with Gasteiger partial charge in [-0.3, -0.25) is 4.57 Å². The fourth-order valence-electron chi connectivity index (χ4n) is 2.54. The highest BCUT2D eigenvalue weighted by atomic mass is 19.1. The molecule has 3 rings (SSSR count). The van der Waals surface area contributed by atoms with Crippen LogP contribution in [0.25, 0.3) is 16.7 Å². The predicted molar refractivity (Wildman–Crippen MR) is 84.3 cm³/mol. The maximum absolute atomic E-state index is 13.2. The summed E-state index contributed by atoms with van der Waals surface area (Å²) in [4.78, 5) is 4.62. The Labute approximate surface area is 123 Å². The van der Waals surface area contributed by atoms with E-state index in [-0.39, 0.29) is 5.82 Å². The van der Waals surface area contributed by atoms with Gasteiger partial charge in [-0.05, 0) is 49.2 Å². The minimum atomic E-state index is -0.241. The Balaban J connectivity index is 2.35. The molecule has 0 unspecified atom stereocenters.